The van der Waals surface area contributed by atoms with Gasteiger partial charge in [0.15, 0.2) is 5.62 Å². The lowest BCUT2D eigenvalue weighted by Gasteiger charge is -2.16. The predicted molar refractivity (Wildman–Crippen MR) is 58.1 cm³/mol. The van der Waals surface area contributed by atoms with E-state index in [4.69, 9.17) is 5.26 Å². The van der Waals surface area contributed by atoms with Crippen LogP contribution in [0.4, 0.5) is 5.69 Å². The summed E-state index contributed by atoms with van der Waals surface area (Å²) >= 11 is 1.04. The fourth-order valence-electron chi connectivity index (χ4n) is 1.14. The second-order valence-electron chi connectivity index (χ2n) is 2.87. The highest BCUT2D eigenvalue weighted by atomic mass is 32.2. The van der Waals surface area contributed by atoms with E-state index in [1.54, 1.807) is 6.07 Å². The van der Waals surface area contributed by atoms with Gasteiger partial charge in [0.25, 0.3) is 0 Å². The first-order valence-electron chi connectivity index (χ1n) is 4.01. The molecule has 0 N–H and O–H groups in total. The third kappa shape index (κ3) is 2.06. The summed E-state index contributed by atoms with van der Waals surface area (Å²) in [5.74, 6) is 0. The smallest absolute Gasteiger partial charge is 0.181 e. The molecule has 0 atom stereocenters. The van der Waals surface area contributed by atoms with Gasteiger partial charge in [-0.25, -0.2) is 0 Å². The Bertz CT molecular complexity index is 382. The molecule has 0 heterocycles. The largest absolute Gasteiger partial charge is 0.377 e. The van der Waals surface area contributed by atoms with Gasteiger partial charge in [-0.1, -0.05) is 17.8 Å². The van der Waals surface area contributed by atoms with E-state index in [2.05, 4.69) is 6.07 Å². The highest BCUT2D eigenvalue weighted by Gasteiger charge is 2.09. The summed E-state index contributed by atoms with van der Waals surface area (Å²) in [5, 5.41) is 8.85. The first-order chi connectivity index (χ1) is 6.70. The summed E-state index contributed by atoms with van der Waals surface area (Å²) in [6.07, 6.45) is 0. The normalized spacial score (nSPS) is 9.21. The van der Waals surface area contributed by atoms with Gasteiger partial charge in [0.2, 0.25) is 0 Å². The van der Waals surface area contributed by atoms with Crippen LogP contribution < -0.4 is 4.90 Å². The molecule has 0 radical (unpaired) electrons. The molecule has 0 unspecified atom stereocenters. The molecule has 72 valence electrons. The molecule has 0 amide bonds. The van der Waals surface area contributed by atoms with Crippen molar-refractivity contribution in [3.05, 3.63) is 23.8 Å². The van der Waals surface area contributed by atoms with Crippen LogP contribution >= 0.6 is 11.8 Å². The number of nitrogens with zero attached hydrogens (tertiary/aromatic N) is 2. The standard InChI is InChI=1S/C10H10N2OS/c1-12(2)9-5-3-4-8(6-11)10(9)14-7-13/h3-5,7H,1-2H3. The molecule has 0 bridgehead atoms. The fourth-order valence-corrected chi connectivity index (χ4v) is 1.85. The van der Waals surface area contributed by atoms with Gasteiger partial charge in [0, 0.05) is 14.1 Å². The molecule has 0 aliphatic rings. The summed E-state index contributed by atoms with van der Waals surface area (Å²) in [6, 6.07) is 7.47. The fraction of sp³-hybridized carbons (Fsp3) is 0.200. The van der Waals surface area contributed by atoms with Crippen molar-refractivity contribution in [1.29, 1.82) is 5.26 Å². The molecule has 0 aromatic heterocycles. The maximum absolute atomic E-state index is 10.5. The van der Waals surface area contributed by atoms with Crippen molar-refractivity contribution < 1.29 is 4.79 Å². The van der Waals surface area contributed by atoms with Crippen LogP contribution in [0.1, 0.15) is 5.56 Å². The molecule has 1 rings (SSSR count). The number of rotatable bonds is 3. The topological polar surface area (TPSA) is 44.1 Å². The number of benzene rings is 1. The average molecular weight is 206 g/mol. The van der Waals surface area contributed by atoms with Crippen molar-refractivity contribution in [2.45, 2.75) is 4.90 Å². The van der Waals surface area contributed by atoms with E-state index in [9.17, 15) is 4.79 Å². The van der Waals surface area contributed by atoms with Crippen molar-refractivity contribution in [3.8, 4) is 6.07 Å². The number of anilines is 1. The van der Waals surface area contributed by atoms with Crippen LogP contribution in [0.15, 0.2) is 23.1 Å². The van der Waals surface area contributed by atoms with E-state index < -0.39 is 0 Å². The van der Waals surface area contributed by atoms with Crippen molar-refractivity contribution in [2.24, 2.45) is 0 Å². The Morgan fingerprint density at radius 1 is 1.50 bits per heavy atom. The van der Waals surface area contributed by atoms with Crippen LogP contribution in [0, 0.1) is 11.3 Å². The SMILES string of the molecule is CN(C)c1cccc(C#N)c1SC=O. The maximum atomic E-state index is 10.5. The molecule has 14 heavy (non-hydrogen) atoms. The minimum atomic E-state index is 0.535. The molecular formula is C10H10N2OS. The highest BCUT2D eigenvalue weighted by Crippen LogP contribution is 2.30. The Labute approximate surface area is 87.3 Å². The zero-order valence-corrected chi connectivity index (χ0v) is 8.84. The molecule has 0 fully saturated rings. The van der Waals surface area contributed by atoms with Crippen LogP contribution in [0.25, 0.3) is 0 Å². The summed E-state index contributed by atoms with van der Waals surface area (Å²) in [5.41, 5.74) is 2.16. The van der Waals surface area contributed by atoms with E-state index in [-0.39, 0.29) is 0 Å². The predicted octanol–water partition coefficient (Wildman–Crippen LogP) is 1.91. The monoisotopic (exact) mass is 206 g/mol. The third-order valence-electron chi connectivity index (χ3n) is 1.76. The Morgan fingerprint density at radius 2 is 2.21 bits per heavy atom. The second kappa shape index (κ2) is 4.68. The number of nitriles is 1. The van der Waals surface area contributed by atoms with Gasteiger partial charge in [-0.2, -0.15) is 5.26 Å². The average Bonchev–Trinajstić information content (AvgIpc) is 2.18. The van der Waals surface area contributed by atoms with Gasteiger partial charge in [-0.3, -0.25) is 4.79 Å². The van der Waals surface area contributed by atoms with Crippen LogP contribution in [-0.2, 0) is 4.79 Å². The van der Waals surface area contributed by atoms with Crippen molar-refractivity contribution in [3.63, 3.8) is 0 Å². The lowest BCUT2D eigenvalue weighted by molar-refractivity contribution is 0.570. The molecule has 0 saturated heterocycles. The van der Waals surface area contributed by atoms with Crippen LogP contribution in [0.3, 0.4) is 0 Å². The highest BCUT2D eigenvalue weighted by molar-refractivity contribution is 8.12. The Morgan fingerprint density at radius 3 is 2.71 bits per heavy atom. The van der Waals surface area contributed by atoms with Gasteiger partial charge in [-0.05, 0) is 12.1 Å². The second-order valence-corrected chi connectivity index (χ2v) is 3.71. The lowest BCUT2D eigenvalue weighted by Crippen LogP contribution is -2.10. The zero-order valence-electron chi connectivity index (χ0n) is 8.02. The van der Waals surface area contributed by atoms with Crippen LogP contribution in [0.2, 0.25) is 0 Å². The van der Waals surface area contributed by atoms with E-state index in [1.165, 1.54) is 0 Å². The van der Waals surface area contributed by atoms with Crippen molar-refractivity contribution in [1.82, 2.24) is 0 Å². The number of thioether (sulfide) groups is 1. The number of hydrogen-bond donors (Lipinski definition) is 0. The number of carbonyl (C=O) groups excluding carboxylic acids is 1. The molecule has 4 heteroatoms. The summed E-state index contributed by atoms with van der Waals surface area (Å²) in [6.45, 7) is 0. The van der Waals surface area contributed by atoms with Crippen LogP contribution in [-0.4, -0.2) is 19.7 Å². The first-order valence-corrected chi connectivity index (χ1v) is 4.89. The molecule has 1 aromatic carbocycles. The molecule has 0 aliphatic carbocycles. The van der Waals surface area contributed by atoms with Crippen LogP contribution in [0.5, 0.6) is 0 Å². The molecule has 0 aliphatic heterocycles. The maximum Gasteiger partial charge on any atom is 0.181 e. The minimum absolute atomic E-state index is 0.535. The zero-order chi connectivity index (χ0) is 10.6. The first kappa shape index (κ1) is 10.6. The summed E-state index contributed by atoms with van der Waals surface area (Å²) in [7, 11) is 3.76. The number of carbonyl (C=O) groups is 1. The van der Waals surface area contributed by atoms with E-state index in [0.717, 1.165) is 28.0 Å². The van der Waals surface area contributed by atoms with Crippen molar-refractivity contribution >= 4 is 23.1 Å². The van der Waals surface area contributed by atoms with Gasteiger partial charge < -0.3 is 4.90 Å². The van der Waals surface area contributed by atoms with Crippen molar-refractivity contribution in [2.75, 3.05) is 19.0 Å². The minimum Gasteiger partial charge on any atom is -0.377 e. The molecule has 0 spiro atoms. The Balaban J connectivity index is 3.29. The van der Waals surface area contributed by atoms with E-state index in [0.29, 0.717) is 5.56 Å². The molecule has 3 nitrogen and oxygen atoms in total. The van der Waals surface area contributed by atoms with Gasteiger partial charge >= 0.3 is 0 Å². The molecular weight excluding hydrogens is 196 g/mol. The molecule has 1 aromatic rings. The molecule has 0 saturated carbocycles. The van der Waals surface area contributed by atoms with Gasteiger partial charge in [0.05, 0.1) is 16.1 Å². The van der Waals surface area contributed by atoms with Gasteiger partial charge in [0.1, 0.15) is 6.07 Å². The quantitative estimate of drug-likeness (QED) is 0.559. The van der Waals surface area contributed by atoms with E-state index >= 15 is 0 Å². The summed E-state index contributed by atoms with van der Waals surface area (Å²) in [4.78, 5) is 13.1. The Kier molecular flexibility index (Phi) is 3.55. The van der Waals surface area contributed by atoms with E-state index in [1.807, 2.05) is 31.1 Å². The number of hydrogen-bond acceptors (Lipinski definition) is 4. The van der Waals surface area contributed by atoms with Gasteiger partial charge in [-0.15, -0.1) is 0 Å². The third-order valence-corrected chi connectivity index (χ3v) is 2.52. The summed E-state index contributed by atoms with van der Waals surface area (Å²) < 4.78 is 0. The lowest BCUT2D eigenvalue weighted by atomic mass is 10.2. The Hall–Kier alpha value is -1.47.